The van der Waals surface area contributed by atoms with Gasteiger partial charge < -0.3 is 11.1 Å². The summed E-state index contributed by atoms with van der Waals surface area (Å²) in [7, 11) is 0. The average molecular weight is 264 g/mol. The molecule has 0 saturated carbocycles. The van der Waals surface area contributed by atoms with E-state index in [2.05, 4.69) is 42.1 Å². The van der Waals surface area contributed by atoms with E-state index < -0.39 is 0 Å². The number of aromatic nitrogens is 2. The van der Waals surface area contributed by atoms with Crippen LogP contribution in [0.15, 0.2) is 17.8 Å². The minimum atomic E-state index is -0.128. The summed E-state index contributed by atoms with van der Waals surface area (Å²) in [6.07, 6.45) is 2.62. The lowest BCUT2D eigenvalue weighted by atomic mass is 9.90. The van der Waals surface area contributed by atoms with Gasteiger partial charge in [0.2, 0.25) is 0 Å². The Bertz CT molecular complexity index is 522. The minimum absolute atomic E-state index is 0.128. The van der Waals surface area contributed by atoms with Crippen molar-refractivity contribution < 1.29 is 0 Å². The van der Waals surface area contributed by atoms with Crippen LogP contribution in [0.4, 0.5) is 5.82 Å². The second kappa shape index (κ2) is 5.20. The molecule has 5 heteroatoms. The Balaban J connectivity index is 2.29. The first kappa shape index (κ1) is 13.2. The van der Waals surface area contributed by atoms with Crippen LogP contribution >= 0.6 is 11.3 Å². The Labute approximate surface area is 112 Å². The summed E-state index contributed by atoms with van der Waals surface area (Å²) in [5.41, 5.74) is 5.79. The summed E-state index contributed by atoms with van der Waals surface area (Å²) >= 11 is 1.63. The van der Waals surface area contributed by atoms with E-state index in [1.165, 1.54) is 0 Å². The summed E-state index contributed by atoms with van der Waals surface area (Å²) < 4.78 is 0. The van der Waals surface area contributed by atoms with Crippen LogP contribution in [0.3, 0.4) is 0 Å². The number of anilines is 1. The molecule has 1 atom stereocenters. The van der Waals surface area contributed by atoms with Crippen molar-refractivity contribution in [2.24, 2.45) is 11.7 Å². The highest BCUT2D eigenvalue weighted by molar-refractivity contribution is 7.16. The predicted molar refractivity (Wildman–Crippen MR) is 78.0 cm³/mol. The Hall–Kier alpha value is -1.20. The quantitative estimate of drug-likeness (QED) is 0.871. The van der Waals surface area contributed by atoms with E-state index >= 15 is 0 Å². The largest absolute Gasteiger partial charge is 0.363 e. The molecule has 0 amide bonds. The van der Waals surface area contributed by atoms with Crippen molar-refractivity contribution in [1.82, 2.24) is 9.97 Å². The number of thiophene rings is 1. The van der Waals surface area contributed by atoms with Crippen LogP contribution in [0.25, 0.3) is 10.2 Å². The smallest absolute Gasteiger partial charge is 0.138 e. The Morgan fingerprint density at radius 1 is 1.44 bits per heavy atom. The van der Waals surface area contributed by atoms with Crippen molar-refractivity contribution in [2.45, 2.75) is 32.7 Å². The van der Waals surface area contributed by atoms with Crippen LogP contribution in [0.5, 0.6) is 0 Å². The van der Waals surface area contributed by atoms with E-state index in [0.29, 0.717) is 12.5 Å². The molecule has 3 N–H and O–H groups in total. The standard InChI is InChI=1S/C13H20N4S/c1-9(2)6-13(3,7-14)17-11-10-4-5-18-12(10)16-8-15-11/h4-5,8-9H,6-7,14H2,1-3H3,(H,15,16,17). The number of hydrogen-bond acceptors (Lipinski definition) is 5. The van der Waals surface area contributed by atoms with Gasteiger partial charge in [-0.2, -0.15) is 0 Å². The first-order chi connectivity index (χ1) is 8.54. The number of nitrogens with zero attached hydrogens (tertiary/aromatic N) is 2. The lowest BCUT2D eigenvalue weighted by Crippen LogP contribution is -2.43. The highest BCUT2D eigenvalue weighted by Crippen LogP contribution is 2.27. The third kappa shape index (κ3) is 2.79. The van der Waals surface area contributed by atoms with E-state index in [1.807, 2.05) is 5.38 Å². The van der Waals surface area contributed by atoms with Crippen LogP contribution in [0.2, 0.25) is 0 Å². The topological polar surface area (TPSA) is 63.8 Å². The molecule has 2 aromatic heterocycles. The zero-order valence-electron chi connectivity index (χ0n) is 11.1. The maximum atomic E-state index is 5.92. The summed E-state index contributed by atoms with van der Waals surface area (Å²) in [5.74, 6) is 1.47. The van der Waals surface area contributed by atoms with Gasteiger partial charge in [0.15, 0.2) is 0 Å². The molecular weight excluding hydrogens is 244 g/mol. The van der Waals surface area contributed by atoms with Crippen LogP contribution in [0.1, 0.15) is 27.2 Å². The van der Waals surface area contributed by atoms with Gasteiger partial charge in [-0.25, -0.2) is 9.97 Å². The van der Waals surface area contributed by atoms with Crippen LogP contribution in [0, 0.1) is 5.92 Å². The Morgan fingerprint density at radius 3 is 2.89 bits per heavy atom. The Morgan fingerprint density at radius 2 is 2.22 bits per heavy atom. The molecule has 0 bridgehead atoms. The van der Waals surface area contributed by atoms with Crippen molar-refractivity contribution in [1.29, 1.82) is 0 Å². The van der Waals surface area contributed by atoms with Crippen molar-refractivity contribution in [3.8, 4) is 0 Å². The van der Waals surface area contributed by atoms with Crippen LogP contribution in [-0.2, 0) is 0 Å². The molecule has 0 spiro atoms. The van der Waals surface area contributed by atoms with Gasteiger partial charge in [0.25, 0.3) is 0 Å². The molecule has 0 aliphatic rings. The molecular formula is C13H20N4S. The van der Waals surface area contributed by atoms with Crippen LogP contribution in [-0.4, -0.2) is 22.1 Å². The fourth-order valence-corrected chi connectivity index (χ4v) is 2.99. The normalized spacial score (nSPS) is 14.9. The monoisotopic (exact) mass is 264 g/mol. The molecule has 0 aliphatic heterocycles. The summed E-state index contributed by atoms with van der Waals surface area (Å²) in [6, 6.07) is 2.05. The summed E-state index contributed by atoms with van der Waals surface area (Å²) in [5, 5.41) is 6.61. The lowest BCUT2D eigenvalue weighted by molar-refractivity contribution is 0.406. The van der Waals surface area contributed by atoms with E-state index in [4.69, 9.17) is 5.73 Å². The van der Waals surface area contributed by atoms with Gasteiger partial charge in [-0.15, -0.1) is 11.3 Å². The number of nitrogens with two attached hydrogens (primary N) is 1. The maximum absolute atomic E-state index is 5.92. The van der Waals surface area contributed by atoms with Gasteiger partial charge in [-0.3, -0.25) is 0 Å². The molecule has 18 heavy (non-hydrogen) atoms. The molecule has 2 aromatic rings. The highest BCUT2D eigenvalue weighted by atomic mass is 32.1. The second-order valence-corrected chi connectivity index (χ2v) is 6.24. The van der Waals surface area contributed by atoms with Gasteiger partial charge >= 0.3 is 0 Å². The fourth-order valence-electron chi connectivity index (χ4n) is 2.26. The van der Waals surface area contributed by atoms with Gasteiger partial charge in [0.05, 0.1) is 5.39 Å². The number of nitrogens with one attached hydrogen (secondary N) is 1. The third-order valence-electron chi connectivity index (χ3n) is 2.99. The Kier molecular flexibility index (Phi) is 3.82. The third-order valence-corrected chi connectivity index (χ3v) is 3.81. The average Bonchev–Trinajstić information content (AvgIpc) is 2.77. The zero-order valence-corrected chi connectivity index (χ0v) is 11.9. The molecule has 1 unspecified atom stereocenters. The lowest BCUT2D eigenvalue weighted by Gasteiger charge is -2.31. The summed E-state index contributed by atoms with van der Waals surface area (Å²) in [6.45, 7) is 7.14. The number of fused-ring (bicyclic) bond motifs is 1. The van der Waals surface area contributed by atoms with Crippen molar-refractivity contribution in [3.63, 3.8) is 0 Å². The molecule has 2 heterocycles. The van der Waals surface area contributed by atoms with E-state index in [0.717, 1.165) is 22.5 Å². The first-order valence-corrected chi connectivity index (χ1v) is 7.08. The molecule has 0 aliphatic carbocycles. The SMILES string of the molecule is CC(C)CC(C)(CN)Nc1ncnc2sccc12. The van der Waals surface area contributed by atoms with Crippen molar-refractivity contribution in [3.05, 3.63) is 17.8 Å². The molecule has 0 aromatic carbocycles. The number of hydrogen-bond donors (Lipinski definition) is 2. The maximum Gasteiger partial charge on any atom is 0.138 e. The molecule has 2 rings (SSSR count). The van der Waals surface area contributed by atoms with Gasteiger partial charge in [-0.05, 0) is 30.7 Å². The predicted octanol–water partition coefficient (Wildman–Crippen LogP) is 2.87. The van der Waals surface area contributed by atoms with Gasteiger partial charge in [-0.1, -0.05) is 13.8 Å². The molecule has 0 fully saturated rings. The van der Waals surface area contributed by atoms with Gasteiger partial charge in [0.1, 0.15) is 17.0 Å². The highest BCUT2D eigenvalue weighted by Gasteiger charge is 2.24. The number of rotatable bonds is 5. The van der Waals surface area contributed by atoms with E-state index in [1.54, 1.807) is 17.7 Å². The molecule has 98 valence electrons. The molecule has 0 saturated heterocycles. The second-order valence-electron chi connectivity index (χ2n) is 5.35. The van der Waals surface area contributed by atoms with Crippen LogP contribution < -0.4 is 11.1 Å². The van der Waals surface area contributed by atoms with E-state index in [-0.39, 0.29) is 5.54 Å². The van der Waals surface area contributed by atoms with Gasteiger partial charge in [0, 0.05) is 12.1 Å². The van der Waals surface area contributed by atoms with Crippen molar-refractivity contribution >= 4 is 27.4 Å². The molecule has 4 nitrogen and oxygen atoms in total. The zero-order chi connectivity index (χ0) is 13.2. The van der Waals surface area contributed by atoms with E-state index in [9.17, 15) is 0 Å². The summed E-state index contributed by atoms with van der Waals surface area (Å²) in [4.78, 5) is 9.61. The first-order valence-electron chi connectivity index (χ1n) is 6.20. The molecule has 0 radical (unpaired) electrons. The van der Waals surface area contributed by atoms with Crippen molar-refractivity contribution in [2.75, 3.05) is 11.9 Å². The fraction of sp³-hybridized carbons (Fsp3) is 0.538. The minimum Gasteiger partial charge on any atom is -0.363 e.